The van der Waals surface area contributed by atoms with E-state index in [2.05, 4.69) is 31.2 Å². The molecule has 8 heteroatoms. The lowest BCUT2D eigenvalue weighted by Crippen LogP contribution is -2.49. The predicted molar refractivity (Wildman–Crippen MR) is 109 cm³/mol. The van der Waals surface area contributed by atoms with Gasteiger partial charge in [0.2, 0.25) is 5.91 Å². The third kappa shape index (κ3) is 4.13. The second kappa shape index (κ2) is 8.20. The first-order valence-corrected chi connectivity index (χ1v) is 10.2. The summed E-state index contributed by atoms with van der Waals surface area (Å²) in [7, 11) is 0. The number of carbonyl (C=O) groups excluding carboxylic acids is 1. The van der Waals surface area contributed by atoms with E-state index in [0.717, 1.165) is 47.8 Å². The van der Waals surface area contributed by atoms with Gasteiger partial charge in [0.15, 0.2) is 0 Å². The van der Waals surface area contributed by atoms with E-state index in [4.69, 9.17) is 0 Å². The third-order valence-electron chi connectivity index (χ3n) is 4.99. The van der Waals surface area contributed by atoms with Crippen molar-refractivity contribution in [2.24, 2.45) is 0 Å². The Kier molecular flexibility index (Phi) is 5.50. The Balaban J connectivity index is 1.27. The number of amides is 1. The van der Waals surface area contributed by atoms with Gasteiger partial charge in [-0.25, -0.2) is 14.4 Å². The number of nitrogens with one attached hydrogen (secondary N) is 1. The van der Waals surface area contributed by atoms with Crippen LogP contribution in [0.1, 0.15) is 11.1 Å². The number of nitrogens with zero attached hydrogens (tertiary/aromatic N) is 4. The minimum absolute atomic E-state index is 0.0160. The average Bonchev–Trinajstić information content (AvgIpc) is 3.18. The molecule has 1 fully saturated rings. The summed E-state index contributed by atoms with van der Waals surface area (Å²) in [5.74, 6) is 0.732. The maximum Gasteiger partial charge on any atom is 0.234 e. The van der Waals surface area contributed by atoms with Crippen molar-refractivity contribution < 1.29 is 9.18 Å². The SMILES string of the molecule is Cc1cc(CNC(=O)CN2CCN(c3ncnc4sccc34)CC2)ccc1F. The highest BCUT2D eigenvalue weighted by atomic mass is 32.1. The second-order valence-electron chi connectivity index (χ2n) is 6.96. The van der Waals surface area contributed by atoms with Gasteiger partial charge in [-0.2, -0.15) is 0 Å². The molecular formula is C20H22FN5OS. The molecule has 3 aromatic rings. The van der Waals surface area contributed by atoms with Crippen LogP contribution in [0.25, 0.3) is 10.2 Å². The molecule has 0 unspecified atom stereocenters. The number of aromatic nitrogens is 2. The number of thiophene rings is 1. The van der Waals surface area contributed by atoms with Crippen LogP contribution in [-0.4, -0.2) is 53.5 Å². The highest BCUT2D eigenvalue weighted by Crippen LogP contribution is 2.27. The Bertz CT molecular complexity index is 984. The zero-order valence-corrected chi connectivity index (χ0v) is 16.5. The standard InChI is InChI=1S/C20H22FN5OS/c1-14-10-15(2-3-17(14)21)11-22-18(27)12-25-5-7-26(8-6-25)19-16-4-9-28-20(16)24-13-23-19/h2-4,9-10,13H,5-8,11-12H2,1H3,(H,22,27). The van der Waals surface area contributed by atoms with Crippen molar-refractivity contribution in [2.75, 3.05) is 37.6 Å². The van der Waals surface area contributed by atoms with Gasteiger partial charge in [0.25, 0.3) is 0 Å². The summed E-state index contributed by atoms with van der Waals surface area (Å²) in [6.45, 7) is 5.76. The molecule has 2 aromatic heterocycles. The monoisotopic (exact) mass is 399 g/mol. The van der Waals surface area contributed by atoms with Crippen molar-refractivity contribution in [3.63, 3.8) is 0 Å². The number of carbonyl (C=O) groups is 1. The molecule has 0 saturated carbocycles. The number of anilines is 1. The maximum absolute atomic E-state index is 13.3. The Hall–Kier alpha value is -2.58. The fraction of sp³-hybridized carbons (Fsp3) is 0.350. The van der Waals surface area contributed by atoms with Gasteiger partial charge < -0.3 is 10.2 Å². The largest absolute Gasteiger partial charge is 0.353 e. The molecule has 6 nitrogen and oxygen atoms in total. The first kappa shape index (κ1) is 18.8. The summed E-state index contributed by atoms with van der Waals surface area (Å²) in [5.41, 5.74) is 1.49. The van der Waals surface area contributed by atoms with Crippen LogP contribution < -0.4 is 10.2 Å². The molecule has 4 rings (SSSR count). The van der Waals surface area contributed by atoms with Crippen molar-refractivity contribution in [1.29, 1.82) is 0 Å². The summed E-state index contributed by atoms with van der Waals surface area (Å²) in [6.07, 6.45) is 1.62. The molecule has 146 valence electrons. The summed E-state index contributed by atoms with van der Waals surface area (Å²) in [6, 6.07) is 6.97. The molecule has 1 aromatic carbocycles. The summed E-state index contributed by atoms with van der Waals surface area (Å²) >= 11 is 1.62. The van der Waals surface area contributed by atoms with Gasteiger partial charge in [0.1, 0.15) is 22.8 Å². The number of piperazine rings is 1. The first-order chi connectivity index (χ1) is 13.6. The lowest BCUT2D eigenvalue weighted by atomic mass is 10.1. The van der Waals surface area contributed by atoms with E-state index in [-0.39, 0.29) is 11.7 Å². The molecule has 0 atom stereocenters. The van der Waals surface area contributed by atoms with Crippen molar-refractivity contribution >= 4 is 33.3 Å². The normalized spacial score (nSPS) is 15.1. The molecule has 1 aliphatic heterocycles. The molecule has 3 heterocycles. The number of benzene rings is 1. The van der Waals surface area contributed by atoms with Gasteiger partial charge in [-0.05, 0) is 35.6 Å². The predicted octanol–water partition coefficient (Wildman–Crippen LogP) is 2.58. The zero-order chi connectivity index (χ0) is 19.5. The van der Waals surface area contributed by atoms with Crippen LogP contribution in [0.2, 0.25) is 0 Å². The van der Waals surface area contributed by atoms with Gasteiger partial charge in [0, 0.05) is 32.7 Å². The Morgan fingerprint density at radius 1 is 1.21 bits per heavy atom. The summed E-state index contributed by atoms with van der Waals surface area (Å²) < 4.78 is 13.3. The molecule has 0 aliphatic carbocycles. The van der Waals surface area contributed by atoms with E-state index in [0.29, 0.717) is 18.7 Å². The Morgan fingerprint density at radius 2 is 2.04 bits per heavy atom. The number of fused-ring (bicyclic) bond motifs is 1. The van der Waals surface area contributed by atoms with Crippen LogP contribution in [-0.2, 0) is 11.3 Å². The highest BCUT2D eigenvalue weighted by molar-refractivity contribution is 7.16. The number of rotatable bonds is 5. The van der Waals surface area contributed by atoms with Crippen LogP contribution in [0.4, 0.5) is 10.2 Å². The summed E-state index contributed by atoms with van der Waals surface area (Å²) in [5, 5.41) is 6.05. The molecule has 1 N–H and O–H groups in total. The van der Waals surface area contributed by atoms with E-state index in [9.17, 15) is 9.18 Å². The fourth-order valence-corrected chi connectivity index (χ4v) is 4.15. The molecule has 1 aliphatic rings. The third-order valence-corrected chi connectivity index (χ3v) is 5.81. The van der Waals surface area contributed by atoms with Crippen LogP contribution >= 0.6 is 11.3 Å². The van der Waals surface area contributed by atoms with Crippen molar-refractivity contribution in [3.8, 4) is 0 Å². The van der Waals surface area contributed by atoms with E-state index in [1.807, 2.05) is 5.38 Å². The fourth-order valence-electron chi connectivity index (χ4n) is 3.42. The van der Waals surface area contributed by atoms with Crippen LogP contribution in [0.3, 0.4) is 0 Å². The van der Waals surface area contributed by atoms with Gasteiger partial charge in [-0.1, -0.05) is 12.1 Å². The van der Waals surface area contributed by atoms with E-state index in [1.165, 1.54) is 6.07 Å². The van der Waals surface area contributed by atoms with E-state index < -0.39 is 0 Å². The molecule has 0 bridgehead atoms. The van der Waals surface area contributed by atoms with Crippen LogP contribution in [0.5, 0.6) is 0 Å². The smallest absolute Gasteiger partial charge is 0.234 e. The topological polar surface area (TPSA) is 61.4 Å². The lowest BCUT2D eigenvalue weighted by molar-refractivity contribution is -0.122. The van der Waals surface area contributed by atoms with Gasteiger partial charge >= 0.3 is 0 Å². The van der Waals surface area contributed by atoms with Crippen LogP contribution in [0.15, 0.2) is 36.0 Å². The van der Waals surface area contributed by atoms with Gasteiger partial charge in [-0.3, -0.25) is 9.69 Å². The minimum Gasteiger partial charge on any atom is -0.353 e. The lowest BCUT2D eigenvalue weighted by Gasteiger charge is -2.35. The Morgan fingerprint density at radius 3 is 2.82 bits per heavy atom. The first-order valence-electron chi connectivity index (χ1n) is 9.27. The quantitative estimate of drug-likeness (QED) is 0.715. The van der Waals surface area contributed by atoms with Crippen molar-refractivity contribution in [1.82, 2.24) is 20.2 Å². The molecule has 28 heavy (non-hydrogen) atoms. The van der Waals surface area contributed by atoms with Crippen molar-refractivity contribution in [2.45, 2.75) is 13.5 Å². The second-order valence-corrected chi connectivity index (χ2v) is 7.85. The van der Waals surface area contributed by atoms with E-state index >= 15 is 0 Å². The van der Waals surface area contributed by atoms with Crippen LogP contribution in [0, 0.1) is 12.7 Å². The molecule has 1 amide bonds. The molecule has 0 radical (unpaired) electrons. The number of halogens is 1. The molecule has 0 spiro atoms. The maximum atomic E-state index is 13.3. The number of aryl methyl sites for hydroxylation is 1. The van der Waals surface area contributed by atoms with E-state index in [1.54, 1.807) is 36.7 Å². The Labute approximate surface area is 167 Å². The van der Waals surface area contributed by atoms with Gasteiger partial charge in [-0.15, -0.1) is 11.3 Å². The number of hydrogen-bond acceptors (Lipinski definition) is 6. The molecule has 1 saturated heterocycles. The average molecular weight is 399 g/mol. The minimum atomic E-state index is -0.226. The van der Waals surface area contributed by atoms with Crippen molar-refractivity contribution in [3.05, 3.63) is 52.9 Å². The summed E-state index contributed by atoms with van der Waals surface area (Å²) in [4.78, 5) is 26.4. The highest BCUT2D eigenvalue weighted by Gasteiger charge is 2.21. The number of hydrogen-bond donors (Lipinski definition) is 1. The van der Waals surface area contributed by atoms with Gasteiger partial charge in [0.05, 0.1) is 11.9 Å². The zero-order valence-electron chi connectivity index (χ0n) is 15.7. The molecular weight excluding hydrogens is 377 g/mol.